The van der Waals surface area contributed by atoms with Gasteiger partial charge in [-0.25, -0.2) is 19.3 Å². The number of carbonyl (C=O) groups excluding carboxylic acids is 2. The Hall–Kier alpha value is -6.60. The van der Waals surface area contributed by atoms with Gasteiger partial charge in [-0.2, -0.15) is 21.6 Å². The second kappa shape index (κ2) is 21.8. The molecule has 13 nitrogen and oxygen atoms in total. The van der Waals surface area contributed by atoms with E-state index in [1.807, 2.05) is 60.7 Å². The Morgan fingerprint density at radius 2 is 1.22 bits per heavy atom. The molecule has 2 aliphatic rings. The third-order valence-electron chi connectivity index (χ3n) is 8.45. The lowest BCUT2D eigenvalue weighted by Gasteiger charge is -2.26. The predicted octanol–water partition coefficient (Wildman–Crippen LogP) is 7.36. The van der Waals surface area contributed by atoms with Crippen molar-refractivity contribution in [2.24, 2.45) is 0 Å². The maximum Gasteiger partial charge on any atom is 0.534 e. The third kappa shape index (κ3) is 14.4. The molecule has 2 amide bonds. The Morgan fingerprint density at radius 1 is 0.712 bits per heavy atom. The van der Waals surface area contributed by atoms with Crippen molar-refractivity contribution in [1.82, 2.24) is 9.80 Å². The van der Waals surface area contributed by atoms with Crippen LogP contribution in [0.1, 0.15) is 29.5 Å². The first-order valence-corrected chi connectivity index (χ1v) is 19.2. The Morgan fingerprint density at radius 3 is 1.68 bits per heavy atom. The van der Waals surface area contributed by atoms with Crippen LogP contribution >= 0.6 is 0 Å². The van der Waals surface area contributed by atoms with Gasteiger partial charge in [0.05, 0.1) is 13.1 Å². The Bertz CT molecular complexity index is 2300. The Kier molecular flexibility index (Phi) is 16.7. The quantitative estimate of drug-likeness (QED) is 0.0804. The molecule has 4 aromatic rings. The van der Waals surface area contributed by atoms with Crippen molar-refractivity contribution in [2.75, 3.05) is 26.2 Å². The molecule has 0 spiro atoms. The fourth-order valence-electron chi connectivity index (χ4n) is 5.33. The topological polar surface area (TPSA) is 152 Å². The summed E-state index contributed by atoms with van der Waals surface area (Å²) in [5.41, 5.74) is -0.0890. The van der Waals surface area contributed by atoms with E-state index in [-0.39, 0.29) is 38.0 Å². The molecule has 0 radical (unpaired) electrons. The standard InChI is InChI=1S/C20H18N2O2.C14H14F3NO5S.C7H6BNO2/c1-21-19-9-5-8-18(14-19)17-10-12-22(13-11-17)20(23)24-15-16-6-3-2-4-7-16;15-14(16,17)24(20,21)23-12-6-8-18(9-7-12)13(19)22-10-11-4-2-1-3-5-11;1-9-7-4-2-3-6(5-7)8(10)11/h2-10,14H,11-13,15H2;1-6H,7-10H2;2-5,10-11H. The lowest BCUT2D eigenvalue weighted by atomic mass is 9.80. The molecular formula is C41H38BF3N4O9S. The molecule has 0 fully saturated rings. The minimum absolute atomic E-state index is 0.00711. The number of benzene rings is 4. The molecule has 306 valence electrons. The van der Waals surface area contributed by atoms with Gasteiger partial charge >= 0.3 is 34.9 Å². The highest BCUT2D eigenvalue weighted by atomic mass is 32.2. The van der Waals surface area contributed by atoms with Crippen LogP contribution in [0.25, 0.3) is 15.3 Å². The van der Waals surface area contributed by atoms with E-state index in [1.54, 1.807) is 53.4 Å². The smallest absolute Gasteiger partial charge is 0.445 e. The largest absolute Gasteiger partial charge is 0.534 e. The average molecular weight is 831 g/mol. The fraction of sp³-hybridized carbons (Fsp3) is 0.220. The van der Waals surface area contributed by atoms with Crippen molar-refractivity contribution in [2.45, 2.75) is 31.6 Å². The molecule has 2 heterocycles. The van der Waals surface area contributed by atoms with E-state index in [9.17, 15) is 31.2 Å². The number of alkyl halides is 3. The van der Waals surface area contributed by atoms with E-state index in [1.165, 1.54) is 16.5 Å². The molecule has 0 aliphatic carbocycles. The number of hydrogen-bond acceptors (Lipinski definition) is 9. The van der Waals surface area contributed by atoms with Crippen molar-refractivity contribution in [1.29, 1.82) is 0 Å². The maximum atomic E-state index is 12.2. The molecule has 18 heteroatoms. The van der Waals surface area contributed by atoms with E-state index in [0.717, 1.165) is 29.2 Å². The molecule has 0 saturated carbocycles. The number of nitrogens with zero attached hydrogens (tertiary/aromatic N) is 4. The molecule has 0 atom stereocenters. The number of rotatable bonds is 8. The number of hydrogen-bond donors (Lipinski definition) is 2. The molecule has 0 aromatic heterocycles. The number of halogens is 3. The zero-order chi connectivity index (χ0) is 42.8. The molecule has 2 N–H and O–H groups in total. The first kappa shape index (κ1) is 45.1. The Labute approximate surface area is 340 Å². The highest BCUT2D eigenvalue weighted by Crippen LogP contribution is 2.29. The lowest BCUT2D eigenvalue weighted by Crippen LogP contribution is -2.36. The van der Waals surface area contributed by atoms with Gasteiger partial charge in [-0.05, 0) is 46.3 Å². The van der Waals surface area contributed by atoms with Crippen molar-refractivity contribution < 1.29 is 54.9 Å². The normalized spacial score (nSPS) is 13.6. The molecular weight excluding hydrogens is 792 g/mol. The summed E-state index contributed by atoms with van der Waals surface area (Å²) >= 11 is 0. The molecule has 0 bridgehead atoms. The van der Waals surface area contributed by atoms with E-state index < -0.39 is 28.8 Å². The van der Waals surface area contributed by atoms with Gasteiger partial charge in [-0.15, -0.1) is 0 Å². The maximum absolute atomic E-state index is 12.2. The summed E-state index contributed by atoms with van der Waals surface area (Å²) in [6, 6.07) is 32.4. The minimum Gasteiger partial charge on any atom is -0.445 e. The second-order valence-electron chi connectivity index (χ2n) is 12.6. The van der Waals surface area contributed by atoms with Crippen molar-refractivity contribution >= 4 is 51.8 Å². The van der Waals surface area contributed by atoms with Crippen LogP contribution in [0, 0.1) is 13.1 Å². The number of ether oxygens (including phenoxy) is 2. The summed E-state index contributed by atoms with van der Waals surface area (Å²) < 4.78 is 73.0. The second-order valence-corrected chi connectivity index (χ2v) is 14.1. The summed E-state index contributed by atoms with van der Waals surface area (Å²) in [4.78, 5) is 33.5. The van der Waals surface area contributed by atoms with Gasteiger partial charge < -0.3 is 33.5 Å². The van der Waals surface area contributed by atoms with Gasteiger partial charge in [0.2, 0.25) is 0 Å². The van der Waals surface area contributed by atoms with Crippen molar-refractivity contribution in [3.63, 3.8) is 0 Å². The molecule has 2 aliphatic heterocycles. The molecule has 59 heavy (non-hydrogen) atoms. The summed E-state index contributed by atoms with van der Waals surface area (Å²) in [6.07, 6.45) is 2.82. The van der Waals surface area contributed by atoms with Crippen LogP contribution in [0.15, 0.2) is 127 Å². The highest BCUT2D eigenvalue weighted by molar-refractivity contribution is 7.87. The summed E-state index contributed by atoms with van der Waals surface area (Å²) in [7, 11) is -7.17. The SMILES string of the molecule is O=C(OCc1ccccc1)N1CC=C(OS(=O)(=O)C(F)(F)F)CC1.[C-]#[N+]c1cccc(B(O)O)c1.[C-]#[N+]c1cccc(C2=CCN(C(=O)OCc3ccccc3)CC2)c1. The van der Waals surface area contributed by atoms with E-state index in [2.05, 4.69) is 13.9 Å². The average Bonchev–Trinajstić information content (AvgIpc) is 3.25. The number of carbonyl (C=O) groups is 2. The van der Waals surface area contributed by atoms with Crippen LogP contribution in [0.3, 0.4) is 0 Å². The Balaban J connectivity index is 0.000000209. The minimum atomic E-state index is -5.68. The van der Waals surface area contributed by atoms with Gasteiger partial charge in [-0.1, -0.05) is 109 Å². The first-order chi connectivity index (χ1) is 28.2. The van der Waals surface area contributed by atoms with Gasteiger partial charge in [0.25, 0.3) is 0 Å². The van der Waals surface area contributed by atoms with Crippen LogP contribution < -0.4 is 5.46 Å². The number of amides is 2. The van der Waals surface area contributed by atoms with E-state index in [0.29, 0.717) is 36.5 Å². The van der Waals surface area contributed by atoms with Crippen LogP contribution in [0.2, 0.25) is 0 Å². The zero-order valence-electron chi connectivity index (χ0n) is 31.4. The lowest BCUT2D eigenvalue weighted by molar-refractivity contribution is -0.0525. The molecule has 4 aromatic carbocycles. The van der Waals surface area contributed by atoms with Crippen molar-refractivity contribution in [3.05, 3.63) is 167 Å². The van der Waals surface area contributed by atoms with Crippen LogP contribution in [0.4, 0.5) is 34.1 Å². The molecule has 0 unspecified atom stereocenters. The van der Waals surface area contributed by atoms with Crippen LogP contribution in [-0.4, -0.2) is 79.3 Å². The van der Waals surface area contributed by atoms with Gasteiger partial charge in [-0.3, -0.25) is 0 Å². The van der Waals surface area contributed by atoms with Crippen LogP contribution in [0.5, 0.6) is 0 Å². The highest BCUT2D eigenvalue weighted by Gasteiger charge is 2.49. The summed E-state index contributed by atoms with van der Waals surface area (Å²) in [6.45, 7) is 15.1. The molecule has 0 saturated heterocycles. The van der Waals surface area contributed by atoms with Gasteiger partial charge in [0, 0.05) is 32.6 Å². The van der Waals surface area contributed by atoms with E-state index in [4.69, 9.17) is 32.7 Å². The van der Waals surface area contributed by atoms with E-state index >= 15 is 0 Å². The van der Waals surface area contributed by atoms with Gasteiger partial charge in [0.1, 0.15) is 19.0 Å². The molecule has 6 rings (SSSR count). The fourth-order valence-corrected chi connectivity index (χ4v) is 5.86. The first-order valence-electron chi connectivity index (χ1n) is 17.8. The third-order valence-corrected chi connectivity index (χ3v) is 9.45. The summed E-state index contributed by atoms with van der Waals surface area (Å²) in [5.74, 6) is -0.348. The summed E-state index contributed by atoms with van der Waals surface area (Å²) in [5, 5.41) is 17.4. The van der Waals surface area contributed by atoms with Crippen molar-refractivity contribution in [3.8, 4) is 0 Å². The monoisotopic (exact) mass is 830 g/mol. The zero-order valence-corrected chi connectivity index (χ0v) is 32.2. The van der Waals surface area contributed by atoms with Gasteiger partial charge in [0.15, 0.2) is 11.4 Å². The van der Waals surface area contributed by atoms with Crippen LogP contribution in [-0.2, 0) is 37.0 Å². The predicted molar refractivity (Wildman–Crippen MR) is 213 cm³/mol.